The molecule has 0 radical (unpaired) electrons. The van der Waals surface area contributed by atoms with Crippen LogP contribution in [0.25, 0.3) is 66.1 Å². The Morgan fingerprint density at radius 2 is 0.667 bits per heavy atom. The fraction of sp³-hybridized carbons (Fsp3) is 0.219. The van der Waals surface area contributed by atoms with Crippen molar-refractivity contribution >= 4 is 44.3 Å². The molecule has 0 N–H and O–H groups in total. The van der Waals surface area contributed by atoms with Gasteiger partial charge < -0.3 is 9.80 Å². The fourth-order valence-electron chi connectivity index (χ4n) is 13.9. The number of fused-ring (bicyclic) bond motifs is 8. The summed E-state index contributed by atoms with van der Waals surface area (Å²) in [5.74, 6) is 0. The lowest BCUT2D eigenvalue weighted by molar-refractivity contribution is 0.330. The predicted octanol–water partition coefficient (Wildman–Crippen LogP) is 17.4. The highest BCUT2D eigenvalue weighted by Crippen LogP contribution is 2.64. The summed E-state index contributed by atoms with van der Waals surface area (Å²) in [5.41, 5.74) is 18.6. The second-order valence-electron chi connectivity index (χ2n) is 20.7. The molecule has 0 bridgehead atoms. The Balaban J connectivity index is 1.01. The number of rotatable bonds is 6. The van der Waals surface area contributed by atoms with Crippen LogP contribution in [0.15, 0.2) is 194 Å². The molecule has 2 nitrogen and oxygen atoms in total. The van der Waals surface area contributed by atoms with Gasteiger partial charge in [0, 0.05) is 33.6 Å². The van der Waals surface area contributed by atoms with E-state index in [1.165, 1.54) is 138 Å². The molecule has 9 aromatic rings. The molecule has 9 aromatic carbocycles. The highest BCUT2D eigenvalue weighted by Gasteiger charge is 2.60. The van der Waals surface area contributed by atoms with Gasteiger partial charge in [-0.1, -0.05) is 160 Å². The third kappa shape index (κ3) is 5.36. The minimum atomic E-state index is 0.0267. The molecule has 66 heavy (non-hydrogen) atoms. The van der Waals surface area contributed by atoms with Crippen LogP contribution in [0.5, 0.6) is 0 Å². The average Bonchev–Trinajstić information content (AvgIpc) is 3.97. The molecule has 2 heterocycles. The summed E-state index contributed by atoms with van der Waals surface area (Å²) >= 11 is 0. The number of hydrogen-bond donors (Lipinski definition) is 0. The molecule has 2 heteroatoms. The van der Waals surface area contributed by atoms with Crippen LogP contribution in [0, 0.1) is 0 Å². The number of hydrogen-bond acceptors (Lipinski definition) is 2. The molecule has 4 aliphatic rings. The summed E-state index contributed by atoms with van der Waals surface area (Å²) < 4.78 is 0. The molecule has 2 saturated carbocycles. The zero-order valence-electron chi connectivity index (χ0n) is 38.6. The van der Waals surface area contributed by atoms with Crippen molar-refractivity contribution < 1.29 is 0 Å². The molecule has 0 amide bonds. The first-order valence-corrected chi connectivity index (χ1v) is 24.4. The molecule has 4 unspecified atom stereocenters. The van der Waals surface area contributed by atoms with Crippen molar-refractivity contribution in [3.8, 4) is 44.5 Å². The van der Waals surface area contributed by atoms with Gasteiger partial charge in [0.2, 0.25) is 0 Å². The molecular weight excluding hydrogens is 797 g/mol. The standard InChI is InChI=1S/C64H56N2/c1-61-35-17-37-63(61,3)65(49-23-13-7-14-24-49)57-33-29-47(41-55(57)61)45-27-31-51-53(39-45)59(43-19-9-5-10-20-43)52-32-28-46(40-54(52)60(51)44-21-11-6-12-22-44)48-30-34-58-56(42-48)62(2)36-18-38-64(62,4)66(58)50-25-15-8-16-26-50/h5-16,19-34,39-42H,17-18,35-38H2,1-4H3. The van der Waals surface area contributed by atoms with Crippen molar-refractivity contribution in [1.29, 1.82) is 0 Å². The monoisotopic (exact) mass is 852 g/mol. The molecule has 322 valence electrons. The summed E-state index contributed by atoms with van der Waals surface area (Å²) in [6.07, 6.45) is 7.26. The van der Waals surface area contributed by atoms with Crippen LogP contribution in [0.3, 0.4) is 0 Å². The molecule has 0 saturated heterocycles. The van der Waals surface area contributed by atoms with Gasteiger partial charge in [0.25, 0.3) is 0 Å². The van der Waals surface area contributed by atoms with E-state index in [4.69, 9.17) is 0 Å². The minimum Gasteiger partial charge on any atom is -0.334 e. The first-order valence-electron chi connectivity index (χ1n) is 24.4. The van der Waals surface area contributed by atoms with E-state index in [1.807, 2.05) is 0 Å². The lowest BCUT2D eigenvalue weighted by Gasteiger charge is -2.42. The summed E-state index contributed by atoms with van der Waals surface area (Å²) in [6.45, 7) is 10.1. The second-order valence-corrected chi connectivity index (χ2v) is 20.7. The Morgan fingerprint density at radius 1 is 0.318 bits per heavy atom. The topological polar surface area (TPSA) is 6.48 Å². The van der Waals surface area contributed by atoms with Crippen LogP contribution in [0.1, 0.15) is 77.3 Å². The van der Waals surface area contributed by atoms with E-state index in [2.05, 4.69) is 232 Å². The minimum absolute atomic E-state index is 0.0267. The Kier molecular flexibility index (Phi) is 8.55. The third-order valence-corrected chi connectivity index (χ3v) is 17.6. The van der Waals surface area contributed by atoms with E-state index in [0.717, 1.165) is 0 Å². The van der Waals surface area contributed by atoms with Gasteiger partial charge in [-0.15, -0.1) is 0 Å². The molecule has 2 fully saturated rings. The molecular formula is C64H56N2. The molecule has 2 aliphatic heterocycles. The Hall–Kier alpha value is -6.90. The fourth-order valence-corrected chi connectivity index (χ4v) is 13.9. The van der Waals surface area contributed by atoms with Gasteiger partial charge in [-0.2, -0.15) is 0 Å². The maximum absolute atomic E-state index is 2.66. The maximum atomic E-state index is 2.66. The first kappa shape index (κ1) is 39.5. The lowest BCUT2D eigenvalue weighted by Crippen LogP contribution is -2.48. The normalized spacial score (nSPS) is 23.9. The quantitative estimate of drug-likeness (QED) is 0.154. The van der Waals surface area contributed by atoms with E-state index in [1.54, 1.807) is 0 Å². The molecule has 2 aliphatic carbocycles. The SMILES string of the molecule is CC12CCCC1(C)N(c1ccccc1)c1ccc(-c3ccc4c(-c5ccccc5)c5cc(-c6ccc7c(c6)C6(C)CCCC6(C)N7c6ccccc6)ccc5c(-c5ccccc5)c4c3)cc12. The van der Waals surface area contributed by atoms with Crippen LogP contribution in [-0.4, -0.2) is 11.1 Å². The molecule has 4 atom stereocenters. The predicted molar refractivity (Wildman–Crippen MR) is 280 cm³/mol. The summed E-state index contributed by atoms with van der Waals surface area (Å²) in [4.78, 5) is 5.32. The van der Waals surface area contributed by atoms with Gasteiger partial charge in [0.15, 0.2) is 0 Å². The second kappa shape index (κ2) is 14.3. The van der Waals surface area contributed by atoms with E-state index in [0.29, 0.717) is 0 Å². The van der Waals surface area contributed by atoms with Crippen LogP contribution >= 0.6 is 0 Å². The van der Waals surface area contributed by atoms with Gasteiger partial charge in [-0.25, -0.2) is 0 Å². The lowest BCUT2D eigenvalue weighted by atomic mass is 9.72. The highest BCUT2D eigenvalue weighted by atomic mass is 15.3. The Morgan fingerprint density at radius 3 is 1.06 bits per heavy atom. The van der Waals surface area contributed by atoms with E-state index in [9.17, 15) is 0 Å². The van der Waals surface area contributed by atoms with Crippen LogP contribution in [-0.2, 0) is 10.8 Å². The maximum Gasteiger partial charge on any atom is 0.0517 e. The molecule has 13 rings (SSSR count). The average molecular weight is 853 g/mol. The molecule has 0 spiro atoms. The van der Waals surface area contributed by atoms with Crippen molar-refractivity contribution in [1.82, 2.24) is 0 Å². The zero-order valence-corrected chi connectivity index (χ0v) is 38.6. The third-order valence-electron chi connectivity index (χ3n) is 17.6. The van der Waals surface area contributed by atoms with Gasteiger partial charge in [0.1, 0.15) is 0 Å². The number of para-hydroxylation sites is 2. The largest absolute Gasteiger partial charge is 0.334 e. The van der Waals surface area contributed by atoms with Crippen molar-refractivity contribution in [2.45, 2.75) is 88.1 Å². The van der Waals surface area contributed by atoms with Gasteiger partial charge in [-0.3, -0.25) is 0 Å². The summed E-state index contributed by atoms with van der Waals surface area (Å²) in [6, 6.07) is 73.6. The van der Waals surface area contributed by atoms with Crippen molar-refractivity contribution in [2.75, 3.05) is 9.80 Å². The highest BCUT2D eigenvalue weighted by molar-refractivity contribution is 6.22. The Labute approximate surface area is 390 Å². The smallest absolute Gasteiger partial charge is 0.0517 e. The first-order chi connectivity index (χ1) is 32.2. The van der Waals surface area contributed by atoms with Crippen molar-refractivity contribution in [3.05, 3.63) is 205 Å². The van der Waals surface area contributed by atoms with E-state index in [-0.39, 0.29) is 21.9 Å². The van der Waals surface area contributed by atoms with E-state index < -0.39 is 0 Å². The summed E-state index contributed by atoms with van der Waals surface area (Å²) in [5, 5.41) is 5.13. The molecule has 0 aromatic heterocycles. The zero-order chi connectivity index (χ0) is 44.4. The van der Waals surface area contributed by atoms with Gasteiger partial charge in [-0.05, 0) is 177 Å². The van der Waals surface area contributed by atoms with Crippen molar-refractivity contribution in [2.24, 2.45) is 0 Å². The number of nitrogens with zero attached hydrogens (tertiary/aromatic N) is 2. The van der Waals surface area contributed by atoms with Crippen LogP contribution < -0.4 is 9.80 Å². The van der Waals surface area contributed by atoms with Gasteiger partial charge >= 0.3 is 0 Å². The summed E-state index contributed by atoms with van der Waals surface area (Å²) in [7, 11) is 0. The van der Waals surface area contributed by atoms with Crippen LogP contribution in [0.2, 0.25) is 0 Å². The van der Waals surface area contributed by atoms with Crippen molar-refractivity contribution in [3.63, 3.8) is 0 Å². The van der Waals surface area contributed by atoms with Gasteiger partial charge in [0.05, 0.1) is 11.1 Å². The number of benzene rings is 9. The van der Waals surface area contributed by atoms with Crippen LogP contribution in [0.4, 0.5) is 22.7 Å². The number of anilines is 4. The van der Waals surface area contributed by atoms with E-state index >= 15 is 0 Å². The Bertz CT molecular complexity index is 3150.